The molecule has 1 aliphatic carbocycles. The smallest absolute Gasteiger partial charge is 0.345 e. The molecule has 3 atom stereocenters. The van der Waals surface area contributed by atoms with Crippen LogP contribution in [0, 0.1) is 11.8 Å². The molecular weight excluding hydrogens is 601 g/mol. The van der Waals surface area contributed by atoms with Crippen molar-refractivity contribution in [1.29, 1.82) is 0 Å². The average molecular weight is 633 g/mol. The van der Waals surface area contributed by atoms with E-state index in [1.807, 2.05) is 0 Å². The highest BCUT2D eigenvalue weighted by Gasteiger charge is 2.62. The van der Waals surface area contributed by atoms with Gasteiger partial charge in [0.25, 0.3) is 5.91 Å². The van der Waals surface area contributed by atoms with E-state index in [1.165, 1.54) is 11.2 Å². The Morgan fingerprint density at radius 1 is 1.24 bits per heavy atom. The Bertz CT molecular complexity index is 1650. The molecule has 8 N–H and O–H groups in total. The van der Waals surface area contributed by atoms with E-state index in [1.54, 1.807) is 31.2 Å². The average Bonchev–Trinajstić information content (AvgIpc) is 3.30. The maximum atomic E-state index is 13.3. The summed E-state index contributed by atoms with van der Waals surface area (Å²) in [5, 5.41) is 11.2. The van der Waals surface area contributed by atoms with E-state index in [4.69, 9.17) is 11.5 Å². The fourth-order valence-electron chi connectivity index (χ4n) is 5.40. The Balaban J connectivity index is 1.24. The van der Waals surface area contributed by atoms with Crippen LogP contribution >= 0.6 is 0 Å². The standard InChI is InChI=1S/C27H31F3N10O5/c1-13-6-18(36-19(41)8-14-2-3-16-17(7-14)35-12-34-16)23(44)40(10-13)11-20(42)38-26(9-15(26)4-5-33-25(31)32)21(43)22-37-24(45-39-22)27(28,29)30/h2-3,6-7,12-13,15,25,33H,4-5,8-11,31-32H2,1H3,(H,34,35)(H,36,41)(H,38,42). The number of Topliss-reactive ketones (excluding diaryl/α,β-unsaturated/α-hetero) is 1. The molecule has 0 spiro atoms. The zero-order valence-corrected chi connectivity index (χ0v) is 24.0. The van der Waals surface area contributed by atoms with Crippen molar-refractivity contribution >= 4 is 34.5 Å². The quantitative estimate of drug-likeness (QED) is 0.114. The third-order valence-electron chi connectivity index (χ3n) is 7.55. The number of nitrogens with two attached hydrogens (primary N) is 2. The number of aromatic amines is 1. The van der Waals surface area contributed by atoms with Crippen LogP contribution in [-0.4, -0.2) is 80.0 Å². The van der Waals surface area contributed by atoms with Gasteiger partial charge < -0.3 is 36.5 Å². The second-order valence-corrected chi connectivity index (χ2v) is 11.2. The van der Waals surface area contributed by atoms with Gasteiger partial charge in [0.15, 0.2) is 0 Å². The molecule has 3 aromatic rings. The van der Waals surface area contributed by atoms with Gasteiger partial charge in [0.2, 0.25) is 23.4 Å². The molecule has 0 radical (unpaired) electrons. The molecule has 0 saturated heterocycles. The lowest BCUT2D eigenvalue weighted by atomic mass is 10.0. The molecule has 3 unspecified atom stereocenters. The van der Waals surface area contributed by atoms with Gasteiger partial charge in [0.05, 0.1) is 30.3 Å². The highest BCUT2D eigenvalue weighted by molar-refractivity contribution is 6.06. The van der Waals surface area contributed by atoms with E-state index in [9.17, 15) is 32.3 Å². The van der Waals surface area contributed by atoms with Crippen LogP contribution in [0.25, 0.3) is 11.0 Å². The molecule has 1 saturated carbocycles. The van der Waals surface area contributed by atoms with E-state index in [-0.39, 0.29) is 44.0 Å². The molecule has 3 heterocycles. The number of H-pyrrole nitrogens is 1. The third kappa shape index (κ3) is 7.18. The van der Waals surface area contributed by atoms with Gasteiger partial charge in [-0.2, -0.15) is 18.2 Å². The molecule has 1 aliphatic heterocycles. The molecule has 5 rings (SSSR count). The van der Waals surface area contributed by atoms with E-state index >= 15 is 0 Å². The predicted octanol–water partition coefficient (Wildman–Crippen LogP) is -0.0759. The van der Waals surface area contributed by atoms with Crippen molar-refractivity contribution in [1.82, 2.24) is 41.0 Å². The number of amides is 3. The first kappa shape index (κ1) is 31.7. The Morgan fingerprint density at radius 2 is 2.02 bits per heavy atom. The lowest BCUT2D eigenvalue weighted by Gasteiger charge is -2.30. The molecule has 2 aromatic heterocycles. The van der Waals surface area contributed by atoms with Crippen molar-refractivity contribution in [2.45, 2.75) is 44.2 Å². The maximum Gasteiger partial charge on any atom is 0.471 e. The zero-order valence-electron chi connectivity index (χ0n) is 24.0. The highest BCUT2D eigenvalue weighted by Crippen LogP contribution is 2.48. The summed E-state index contributed by atoms with van der Waals surface area (Å²) in [5.41, 5.74) is 11.5. The van der Waals surface area contributed by atoms with Crippen LogP contribution in [0.2, 0.25) is 0 Å². The molecule has 240 valence electrons. The lowest BCUT2D eigenvalue weighted by Crippen LogP contribution is -2.52. The number of nitrogens with zero attached hydrogens (tertiary/aromatic N) is 4. The van der Waals surface area contributed by atoms with Crippen LogP contribution in [0.4, 0.5) is 13.2 Å². The number of carbonyl (C=O) groups is 4. The number of carbonyl (C=O) groups excluding carboxylic acids is 4. The van der Waals surface area contributed by atoms with Crippen LogP contribution in [0.15, 0.2) is 40.8 Å². The number of halogens is 3. The summed E-state index contributed by atoms with van der Waals surface area (Å²) in [6, 6.07) is 5.29. The minimum absolute atomic E-state index is 0.0000635. The molecule has 1 fully saturated rings. The molecule has 45 heavy (non-hydrogen) atoms. The van der Waals surface area contributed by atoms with Crippen molar-refractivity contribution in [2.24, 2.45) is 23.3 Å². The maximum absolute atomic E-state index is 13.3. The molecule has 18 heteroatoms. The summed E-state index contributed by atoms with van der Waals surface area (Å²) in [6.45, 7) is 1.70. The van der Waals surface area contributed by atoms with Crippen molar-refractivity contribution in [3.05, 3.63) is 53.6 Å². The predicted molar refractivity (Wildman–Crippen MR) is 149 cm³/mol. The van der Waals surface area contributed by atoms with Gasteiger partial charge >= 0.3 is 12.1 Å². The van der Waals surface area contributed by atoms with Crippen LogP contribution in [0.3, 0.4) is 0 Å². The minimum atomic E-state index is -4.97. The summed E-state index contributed by atoms with van der Waals surface area (Å²) in [6.07, 6.45) is -2.33. The van der Waals surface area contributed by atoms with Gasteiger partial charge in [-0.05, 0) is 48.9 Å². The van der Waals surface area contributed by atoms with Crippen molar-refractivity contribution in [3.63, 3.8) is 0 Å². The van der Waals surface area contributed by atoms with E-state index in [0.29, 0.717) is 5.56 Å². The monoisotopic (exact) mass is 632 g/mol. The summed E-state index contributed by atoms with van der Waals surface area (Å²) in [7, 11) is 0. The van der Waals surface area contributed by atoms with E-state index in [0.717, 1.165) is 11.0 Å². The van der Waals surface area contributed by atoms with Gasteiger partial charge in [-0.1, -0.05) is 24.2 Å². The van der Waals surface area contributed by atoms with Crippen LogP contribution < -0.4 is 27.4 Å². The third-order valence-corrected chi connectivity index (χ3v) is 7.55. The number of rotatable bonds is 12. The van der Waals surface area contributed by atoms with Crippen LogP contribution in [0.5, 0.6) is 0 Å². The normalized spacial score (nSPS) is 21.6. The molecule has 15 nitrogen and oxygen atoms in total. The van der Waals surface area contributed by atoms with Crippen LogP contribution in [0.1, 0.15) is 41.8 Å². The number of fused-ring (bicyclic) bond motifs is 1. The van der Waals surface area contributed by atoms with E-state index < -0.39 is 65.7 Å². The molecule has 2 aliphatic rings. The topological polar surface area (TPSA) is 227 Å². The molecular formula is C27H31F3N10O5. The Morgan fingerprint density at radius 3 is 2.73 bits per heavy atom. The van der Waals surface area contributed by atoms with Gasteiger partial charge in [-0.15, -0.1) is 0 Å². The largest absolute Gasteiger partial charge is 0.471 e. The fourth-order valence-corrected chi connectivity index (χ4v) is 5.40. The van der Waals surface area contributed by atoms with Gasteiger partial charge in [-0.3, -0.25) is 24.5 Å². The number of aromatic nitrogens is 4. The first-order chi connectivity index (χ1) is 21.2. The minimum Gasteiger partial charge on any atom is -0.345 e. The Labute approximate surface area is 253 Å². The van der Waals surface area contributed by atoms with Crippen molar-refractivity contribution < 1.29 is 36.9 Å². The Kier molecular flexibility index (Phi) is 8.72. The number of hydrogen-bond acceptors (Lipinski definition) is 11. The lowest BCUT2D eigenvalue weighted by molar-refractivity contribution is -0.159. The second-order valence-electron chi connectivity index (χ2n) is 11.2. The molecule has 0 bridgehead atoms. The summed E-state index contributed by atoms with van der Waals surface area (Å²) in [4.78, 5) is 64.1. The van der Waals surface area contributed by atoms with Crippen LogP contribution in [-0.2, 0) is 27.0 Å². The summed E-state index contributed by atoms with van der Waals surface area (Å²) < 4.78 is 43.3. The molecule has 3 amide bonds. The first-order valence-corrected chi connectivity index (χ1v) is 14.0. The number of ketones is 1. The van der Waals surface area contributed by atoms with Gasteiger partial charge in [0.1, 0.15) is 17.5 Å². The second kappa shape index (κ2) is 12.4. The van der Waals surface area contributed by atoms with Crippen molar-refractivity contribution in [2.75, 3.05) is 19.6 Å². The summed E-state index contributed by atoms with van der Waals surface area (Å²) in [5.74, 6) is -6.04. The first-order valence-electron chi connectivity index (χ1n) is 14.0. The number of hydrogen-bond donors (Lipinski definition) is 6. The summed E-state index contributed by atoms with van der Waals surface area (Å²) >= 11 is 0. The number of nitrogens with one attached hydrogen (secondary N) is 4. The highest BCUT2D eigenvalue weighted by atomic mass is 19.4. The van der Waals surface area contributed by atoms with Gasteiger partial charge in [-0.25, -0.2) is 4.98 Å². The SMILES string of the molecule is CC1C=C(NC(=O)Cc2ccc3nc[nH]c3c2)C(=O)N(CC(=O)NC2(C(=O)c3noc(C(F)(F)F)n3)CC2CCNC(N)N)C1. The number of imidazole rings is 1. The number of benzene rings is 1. The Hall–Kier alpha value is -4.68. The number of alkyl halides is 3. The fraction of sp³-hybridized carbons (Fsp3) is 0.444. The van der Waals surface area contributed by atoms with Crippen molar-refractivity contribution in [3.8, 4) is 0 Å². The van der Waals surface area contributed by atoms with E-state index in [2.05, 4.69) is 40.6 Å². The zero-order chi connectivity index (χ0) is 32.5. The van der Waals surface area contributed by atoms with Gasteiger partial charge in [0, 0.05) is 6.54 Å². The molecule has 1 aromatic carbocycles.